The van der Waals surface area contributed by atoms with Crippen LogP contribution in [-0.2, 0) is 14.3 Å². The van der Waals surface area contributed by atoms with Gasteiger partial charge in [0.25, 0.3) is 0 Å². The van der Waals surface area contributed by atoms with Gasteiger partial charge in [-0.3, -0.25) is 9.69 Å². The fourth-order valence-corrected chi connectivity index (χ4v) is 4.39. The summed E-state index contributed by atoms with van der Waals surface area (Å²) in [5, 5.41) is 9.41. The Labute approximate surface area is 154 Å². The molecular formula is C20H28N2O4. The molecule has 3 aliphatic rings. The van der Waals surface area contributed by atoms with Gasteiger partial charge in [-0.05, 0) is 43.5 Å². The Morgan fingerprint density at radius 2 is 1.77 bits per heavy atom. The SMILES string of the molecule is O=C1OC(CCN2CCN(c3ccc(O)cc3)CC2)CC12CCOCC2. The number of rotatable bonds is 4. The standard InChI is InChI=1S/C20H28N2O4/c23-17-3-1-16(2-4-17)22-11-9-21(10-12-22)8-5-18-15-20(19(24)26-18)6-13-25-14-7-20/h1-4,18,23H,5-15H2. The lowest BCUT2D eigenvalue weighted by Crippen LogP contribution is -2.47. The van der Waals surface area contributed by atoms with Gasteiger partial charge in [0.05, 0.1) is 5.41 Å². The number of phenols is 1. The number of carbonyl (C=O) groups is 1. The molecule has 0 saturated carbocycles. The number of hydrogen-bond donors (Lipinski definition) is 1. The van der Waals surface area contributed by atoms with Gasteiger partial charge >= 0.3 is 5.97 Å². The zero-order valence-corrected chi connectivity index (χ0v) is 15.2. The largest absolute Gasteiger partial charge is 0.508 e. The first-order valence-corrected chi connectivity index (χ1v) is 9.70. The smallest absolute Gasteiger partial charge is 0.312 e. The number of ether oxygens (including phenoxy) is 2. The molecule has 6 nitrogen and oxygen atoms in total. The van der Waals surface area contributed by atoms with Crippen molar-refractivity contribution in [3.63, 3.8) is 0 Å². The van der Waals surface area contributed by atoms with E-state index >= 15 is 0 Å². The zero-order chi connectivity index (χ0) is 18.0. The summed E-state index contributed by atoms with van der Waals surface area (Å²) in [6.07, 6.45) is 3.48. The molecule has 1 aromatic rings. The second kappa shape index (κ2) is 7.45. The van der Waals surface area contributed by atoms with Crippen molar-refractivity contribution in [3.8, 4) is 5.75 Å². The summed E-state index contributed by atoms with van der Waals surface area (Å²) in [7, 11) is 0. The van der Waals surface area contributed by atoms with E-state index in [1.54, 1.807) is 12.1 Å². The van der Waals surface area contributed by atoms with Crippen molar-refractivity contribution < 1.29 is 19.4 Å². The third-order valence-electron chi connectivity index (χ3n) is 6.13. The molecule has 3 fully saturated rings. The Hall–Kier alpha value is -1.79. The molecular weight excluding hydrogens is 332 g/mol. The van der Waals surface area contributed by atoms with Crippen molar-refractivity contribution in [1.29, 1.82) is 0 Å². The maximum Gasteiger partial charge on any atom is 0.312 e. The highest BCUT2D eigenvalue weighted by atomic mass is 16.6. The van der Waals surface area contributed by atoms with Crippen LogP contribution in [0.4, 0.5) is 5.69 Å². The minimum absolute atomic E-state index is 0.00273. The van der Waals surface area contributed by atoms with Crippen LogP contribution in [-0.4, -0.2) is 68.0 Å². The molecule has 1 aromatic carbocycles. The van der Waals surface area contributed by atoms with Gasteiger partial charge in [-0.1, -0.05) is 0 Å². The molecule has 26 heavy (non-hydrogen) atoms. The zero-order valence-electron chi connectivity index (χ0n) is 15.2. The number of phenolic OH excluding ortho intramolecular Hbond substituents is 1. The van der Waals surface area contributed by atoms with Crippen LogP contribution in [0, 0.1) is 5.41 Å². The summed E-state index contributed by atoms with van der Waals surface area (Å²) in [5.41, 5.74) is 0.897. The molecule has 3 aliphatic heterocycles. The molecule has 3 heterocycles. The van der Waals surface area contributed by atoms with E-state index in [-0.39, 0.29) is 17.5 Å². The molecule has 4 rings (SSSR count). The predicted molar refractivity (Wildman–Crippen MR) is 98.4 cm³/mol. The van der Waals surface area contributed by atoms with Gasteiger partial charge in [0.1, 0.15) is 11.9 Å². The third-order valence-corrected chi connectivity index (χ3v) is 6.13. The minimum atomic E-state index is -0.263. The summed E-state index contributed by atoms with van der Waals surface area (Å²) in [6, 6.07) is 7.41. The molecule has 0 aromatic heterocycles. The van der Waals surface area contributed by atoms with E-state index in [1.165, 1.54) is 0 Å². The Bertz CT molecular complexity index is 619. The van der Waals surface area contributed by atoms with Crippen LogP contribution in [0.5, 0.6) is 5.75 Å². The number of esters is 1. The van der Waals surface area contributed by atoms with Crippen LogP contribution in [0.2, 0.25) is 0 Å². The Kier molecular flexibility index (Phi) is 5.05. The molecule has 1 N–H and O–H groups in total. The van der Waals surface area contributed by atoms with E-state index in [4.69, 9.17) is 9.47 Å². The van der Waals surface area contributed by atoms with Gasteiger partial charge in [-0.15, -0.1) is 0 Å². The van der Waals surface area contributed by atoms with Gasteiger partial charge in [0.2, 0.25) is 0 Å². The van der Waals surface area contributed by atoms with Crippen molar-refractivity contribution in [1.82, 2.24) is 4.90 Å². The number of anilines is 1. The fraction of sp³-hybridized carbons (Fsp3) is 0.650. The van der Waals surface area contributed by atoms with E-state index in [0.717, 1.165) is 64.1 Å². The van der Waals surface area contributed by atoms with E-state index in [0.29, 0.717) is 19.0 Å². The summed E-state index contributed by atoms with van der Waals surface area (Å²) in [6.45, 7) is 6.34. The van der Waals surface area contributed by atoms with Gasteiger partial charge in [-0.2, -0.15) is 0 Å². The summed E-state index contributed by atoms with van der Waals surface area (Å²) in [4.78, 5) is 17.1. The molecule has 3 saturated heterocycles. The number of benzene rings is 1. The molecule has 142 valence electrons. The van der Waals surface area contributed by atoms with Crippen molar-refractivity contribution in [3.05, 3.63) is 24.3 Å². The molecule has 1 spiro atoms. The lowest BCUT2D eigenvalue weighted by atomic mass is 9.77. The normalized spacial score (nSPS) is 26.2. The van der Waals surface area contributed by atoms with Crippen LogP contribution >= 0.6 is 0 Å². The second-order valence-corrected chi connectivity index (χ2v) is 7.76. The van der Waals surface area contributed by atoms with Crippen LogP contribution in [0.15, 0.2) is 24.3 Å². The quantitative estimate of drug-likeness (QED) is 0.829. The van der Waals surface area contributed by atoms with Crippen molar-refractivity contribution in [2.75, 3.05) is 50.8 Å². The molecule has 6 heteroatoms. The predicted octanol–water partition coefficient (Wildman–Crippen LogP) is 2.02. The second-order valence-electron chi connectivity index (χ2n) is 7.76. The van der Waals surface area contributed by atoms with Gasteiger partial charge in [0, 0.05) is 58.0 Å². The fourth-order valence-electron chi connectivity index (χ4n) is 4.39. The van der Waals surface area contributed by atoms with E-state index < -0.39 is 0 Å². The molecule has 1 atom stereocenters. The highest BCUT2D eigenvalue weighted by Crippen LogP contribution is 2.43. The van der Waals surface area contributed by atoms with Gasteiger partial charge < -0.3 is 19.5 Å². The first kappa shape index (κ1) is 17.6. The summed E-state index contributed by atoms with van der Waals surface area (Å²) < 4.78 is 11.1. The monoisotopic (exact) mass is 360 g/mol. The van der Waals surface area contributed by atoms with Crippen molar-refractivity contribution in [2.24, 2.45) is 5.41 Å². The molecule has 1 unspecified atom stereocenters. The first-order chi connectivity index (χ1) is 12.6. The highest BCUT2D eigenvalue weighted by molar-refractivity contribution is 5.79. The molecule has 0 amide bonds. The number of cyclic esters (lactones) is 1. The van der Waals surface area contributed by atoms with Crippen LogP contribution in [0.1, 0.15) is 25.7 Å². The van der Waals surface area contributed by atoms with Crippen LogP contribution < -0.4 is 4.90 Å². The summed E-state index contributed by atoms with van der Waals surface area (Å²) in [5.74, 6) is 0.309. The van der Waals surface area contributed by atoms with E-state index in [9.17, 15) is 9.90 Å². The number of nitrogens with zero attached hydrogens (tertiary/aromatic N) is 2. The van der Waals surface area contributed by atoms with Crippen LogP contribution in [0.3, 0.4) is 0 Å². The topological polar surface area (TPSA) is 62.2 Å². The summed E-state index contributed by atoms with van der Waals surface area (Å²) >= 11 is 0. The average molecular weight is 360 g/mol. The number of piperazine rings is 1. The number of carbonyl (C=O) groups excluding carboxylic acids is 1. The molecule has 0 bridgehead atoms. The number of aromatic hydroxyl groups is 1. The van der Waals surface area contributed by atoms with E-state index in [1.807, 2.05) is 12.1 Å². The molecule has 0 aliphatic carbocycles. The molecule has 0 radical (unpaired) electrons. The first-order valence-electron chi connectivity index (χ1n) is 9.70. The van der Waals surface area contributed by atoms with Crippen molar-refractivity contribution in [2.45, 2.75) is 31.8 Å². The van der Waals surface area contributed by atoms with Crippen LogP contribution in [0.25, 0.3) is 0 Å². The van der Waals surface area contributed by atoms with E-state index in [2.05, 4.69) is 9.80 Å². The lowest BCUT2D eigenvalue weighted by Gasteiger charge is -2.36. The van der Waals surface area contributed by atoms with Crippen molar-refractivity contribution >= 4 is 11.7 Å². The minimum Gasteiger partial charge on any atom is -0.508 e. The maximum atomic E-state index is 12.3. The lowest BCUT2D eigenvalue weighted by molar-refractivity contribution is -0.152. The average Bonchev–Trinajstić information content (AvgIpc) is 2.97. The Morgan fingerprint density at radius 3 is 2.46 bits per heavy atom. The Balaban J connectivity index is 1.23. The van der Waals surface area contributed by atoms with Gasteiger partial charge in [-0.25, -0.2) is 0 Å². The Morgan fingerprint density at radius 1 is 1.08 bits per heavy atom. The number of hydrogen-bond acceptors (Lipinski definition) is 6. The van der Waals surface area contributed by atoms with Gasteiger partial charge in [0.15, 0.2) is 0 Å². The highest BCUT2D eigenvalue weighted by Gasteiger charge is 2.49. The maximum absolute atomic E-state index is 12.3. The third kappa shape index (κ3) is 3.67.